The average Bonchev–Trinajstić information content (AvgIpc) is 3.24. The van der Waals surface area contributed by atoms with Crippen LogP contribution < -0.4 is 10.6 Å². The van der Waals surface area contributed by atoms with Gasteiger partial charge < -0.3 is 20.2 Å². The summed E-state index contributed by atoms with van der Waals surface area (Å²) < 4.78 is 20.7. The highest BCUT2D eigenvalue weighted by atomic mass is 19.1. The first kappa shape index (κ1) is 16.7. The number of rotatable bonds is 5. The molecule has 0 radical (unpaired) electrons. The summed E-state index contributed by atoms with van der Waals surface area (Å²) in [5.74, 6) is -0.165. The highest BCUT2D eigenvalue weighted by Crippen LogP contribution is 2.18. The Morgan fingerprint density at radius 1 is 1.44 bits per heavy atom. The van der Waals surface area contributed by atoms with Crippen LogP contribution in [0.3, 0.4) is 0 Å². The molecule has 0 fully saturated rings. The van der Waals surface area contributed by atoms with Crippen molar-refractivity contribution in [2.45, 2.75) is 13.0 Å². The highest BCUT2D eigenvalue weighted by Gasteiger charge is 2.13. The Labute approximate surface area is 143 Å². The number of aromatic nitrogens is 2. The Kier molecular flexibility index (Phi) is 4.80. The number of benzene rings is 1. The summed E-state index contributed by atoms with van der Waals surface area (Å²) >= 11 is 0. The minimum absolute atomic E-state index is 0.0352. The monoisotopic (exact) mass is 344 g/mol. The number of carbonyl (C=O) groups is 1. The van der Waals surface area contributed by atoms with Gasteiger partial charge in [-0.05, 0) is 42.8 Å². The molecule has 0 saturated heterocycles. The van der Waals surface area contributed by atoms with Gasteiger partial charge in [-0.15, -0.1) is 0 Å². The zero-order valence-electron chi connectivity index (χ0n) is 13.4. The Bertz CT molecular complexity index is 861. The number of hydrogen-bond donors (Lipinski definition) is 3. The zero-order valence-corrected chi connectivity index (χ0v) is 13.4. The minimum Gasteiger partial charge on any atom is -0.467 e. The molecule has 2 aromatic heterocycles. The van der Waals surface area contributed by atoms with E-state index in [0.717, 1.165) is 5.56 Å². The van der Waals surface area contributed by atoms with Gasteiger partial charge in [0, 0.05) is 11.9 Å². The maximum Gasteiger partial charge on any atom is 0.319 e. The van der Waals surface area contributed by atoms with Crippen molar-refractivity contribution < 1.29 is 18.7 Å². The van der Waals surface area contributed by atoms with E-state index in [1.165, 1.54) is 23.1 Å². The van der Waals surface area contributed by atoms with E-state index in [0.29, 0.717) is 5.76 Å². The minimum atomic E-state index is -0.956. The Morgan fingerprint density at radius 2 is 2.28 bits per heavy atom. The molecule has 1 atom stereocenters. The largest absolute Gasteiger partial charge is 0.467 e. The van der Waals surface area contributed by atoms with E-state index in [9.17, 15) is 14.3 Å². The third-order valence-corrected chi connectivity index (χ3v) is 3.49. The highest BCUT2D eigenvalue weighted by molar-refractivity contribution is 5.89. The number of anilines is 1. The number of amides is 2. The summed E-state index contributed by atoms with van der Waals surface area (Å²) in [6, 6.07) is 6.98. The maximum atomic E-state index is 14.2. The molecule has 0 bridgehead atoms. The van der Waals surface area contributed by atoms with Gasteiger partial charge in [0.1, 0.15) is 17.6 Å². The number of hydrogen-bond acceptors (Lipinski definition) is 4. The van der Waals surface area contributed by atoms with E-state index in [1.54, 1.807) is 30.6 Å². The predicted molar refractivity (Wildman–Crippen MR) is 88.9 cm³/mol. The van der Waals surface area contributed by atoms with Gasteiger partial charge in [-0.3, -0.25) is 0 Å². The van der Waals surface area contributed by atoms with E-state index in [4.69, 9.17) is 4.42 Å². The predicted octanol–water partition coefficient (Wildman–Crippen LogP) is 2.77. The van der Waals surface area contributed by atoms with E-state index >= 15 is 0 Å². The lowest BCUT2D eigenvalue weighted by atomic mass is 10.2. The number of aliphatic hydroxyl groups excluding tert-OH is 1. The first-order valence-corrected chi connectivity index (χ1v) is 7.60. The van der Waals surface area contributed by atoms with Crippen molar-refractivity contribution >= 4 is 11.7 Å². The molecule has 3 rings (SSSR count). The average molecular weight is 344 g/mol. The fraction of sp³-hybridized carbons (Fsp3) is 0.176. The first-order valence-electron chi connectivity index (χ1n) is 7.60. The molecular weight excluding hydrogens is 327 g/mol. The van der Waals surface area contributed by atoms with Crippen molar-refractivity contribution in [1.82, 2.24) is 15.1 Å². The molecule has 2 heterocycles. The van der Waals surface area contributed by atoms with Crippen LogP contribution in [-0.2, 0) is 0 Å². The standard InChI is InChI=1S/C17H17FN4O3/c1-11-8-20-22(10-11)14-5-4-12(7-13(14)18)21-17(24)19-9-15(23)16-3-2-6-25-16/h2-8,10,15,23H,9H2,1H3,(H2,19,21,24). The molecule has 0 saturated carbocycles. The number of urea groups is 1. The molecular formula is C17H17FN4O3. The SMILES string of the molecule is Cc1cnn(-c2ccc(NC(=O)NCC(O)c3ccco3)cc2F)c1. The normalized spacial score (nSPS) is 12.0. The van der Waals surface area contributed by atoms with E-state index < -0.39 is 18.0 Å². The lowest BCUT2D eigenvalue weighted by Crippen LogP contribution is -2.32. The summed E-state index contributed by atoms with van der Waals surface area (Å²) in [5.41, 5.74) is 1.48. The quantitative estimate of drug-likeness (QED) is 0.663. The van der Waals surface area contributed by atoms with Gasteiger partial charge in [-0.1, -0.05) is 0 Å². The number of halogens is 1. The summed E-state index contributed by atoms with van der Waals surface area (Å²) in [6.07, 6.45) is 3.81. The van der Waals surface area contributed by atoms with Gasteiger partial charge in [-0.25, -0.2) is 13.9 Å². The van der Waals surface area contributed by atoms with Crippen LogP contribution in [0.15, 0.2) is 53.4 Å². The third-order valence-electron chi connectivity index (χ3n) is 3.49. The number of nitrogens with one attached hydrogen (secondary N) is 2. The molecule has 0 spiro atoms. The second-order valence-corrected chi connectivity index (χ2v) is 5.49. The van der Waals surface area contributed by atoms with Gasteiger partial charge in [0.2, 0.25) is 0 Å². The summed E-state index contributed by atoms with van der Waals surface area (Å²) in [6.45, 7) is 1.82. The first-order chi connectivity index (χ1) is 12.0. The van der Waals surface area contributed by atoms with Crippen LogP contribution in [-0.4, -0.2) is 27.5 Å². The molecule has 8 heteroatoms. The molecule has 7 nitrogen and oxygen atoms in total. The maximum absolute atomic E-state index is 14.2. The van der Waals surface area contributed by atoms with Gasteiger partial charge >= 0.3 is 6.03 Å². The topological polar surface area (TPSA) is 92.3 Å². The lowest BCUT2D eigenvalue weighted by Gasteiger charge is -2.11. The number of aliphatic hydroxyl groups is 1. The van der Waals surface area contributed by atoms with Gasteiger partial charge in [0.05, 0.1) is 19.0 Å². The number of carbonyl (C=O) groups excluding carboxylic acids is 1. The van der Waals surface area contributed by atoms with Gasteiger partial charge in [0.15, 0.2) is 5.82 Å². The molecule has 0 aliphatic rings. The summed E-state index contributed by atoms with van der Waals surface area (Å²) in [5, 5.41) is 18.9. The van der Waals surface area contributed by atoms with Crippen molar-refractivity contribution in [1.29, 1.82) is 0 Å². The van der Waals surface area contributed by atoms with Crippen LogP contribution in [0.2, 0.25) is 0 Å². The summed E-state index contributed by atoms with van der Waals surface area (Å²) in [4.78, 5) is 11.9. The van der Waals surface area contributed by atoms with Gasteiger partial charge in [-0.2, -0.15) is 5.10 Å². The van der Waals surface area contributed by atoms with Crippen LogP contribution in [0.4, 0.5) is 14.9 Å². The summed E-state index contributed by atoms with van der Waals surface area (Å²) in [7, 11) is 0. The molecule has 1 aromatic carbocycles. The van der Waals surface area contributed by atoms with Crippen LogP contribution in [0.25, 0.3) is 5.69 Å². The zero-order chi connectivity index (χ0) is 17.8. The number of aryl methyl sites for hydroxylation is 1. The number of furan rings is 1. The van der Waals surface area contributed by atoms with Crippen molar-refractivity contribution in [2.24, 2.45) is 0 Å². The fourth-order valence-electron chi connectivity index (χ4n) is 2.26. The second kappa shape index (κ2) is 7.18. The van der Waals surface area contributed by atoms with Crippen molar-refractivity contribution in [2.75, 3.05) is 11.9 Å². The Balaban J connectivity index is 1.59. The third kappa shape index (κ3) is 4.04. The molecule has 0 aliphatic heterocycles. The van der Waals surface area contributed by atoms with Crippen molar-refractivity contribution in [3.8, 4) is 5.69 Å². The smallest absolute Gasteiger partial charge is 0.319 e. The van der Waals surface area contributed by atoms with E-state index in [1.807, 2.05) is 6.92 Å². The Hall–Kier alpha value is -3.13. The molecule has 130 valence electrons. The van der Waals surface area contributed by atoms with Crippen LogP contribution in [0.1, 0.15) is 17.4 Å². The van der Waals surface area contributed by atoms with Crippen molar-refractivity contribution in [3.05, 3.63) is 66.1 Å². The van der Waals surface area contributed by atoms with Crippen LogP contribution in [0, 0.1) is 12.7 Å². The van der Waals surface area contributed by atoms with E-state index in [-0.39, 0.29) is 17.9 Å². The van der Waals surface area contributed by atoms with Crippen LogP contribution >= 0.6 is 0 Å². The van der Waals surface area contributed by atoms with Gasteiger partial charge in [0.25, 0.3) is 0 Å². The lowest BCUT2D eigenvalue weighted by molar-refractivity contribution is 0.149. The van der Waals surface area contributed by atoms with Crippen molar-refractivity contribution in [3.63, 3.8) is 0 Å². The molecule has 3 aromatic rings. The number of nitrogens with zero attached hydrogens (tertiary/aromatic N) is 2. The molecule has 0 aliphatic carbocycles. The molecule has 1 unspecified atom stereocenters. The Morgan fingerprint density at radius 3 is 2.92 bits per heavy atom. The molecule has 25 heavy (non-hydrogen) atoms. The van der Waals surface area contributed by atoms with Crippen LogP contribution in [0.5, 0.6) is 0 Å². The second-order valence-electron chi connectivity index (χ2n) is 5.49. The molecule has 3 N–H and O–H groups in total. The molecule has 2 amide bonds. The fourth-order valence-corrected chi connectivity index (χ4v) is 2.26. The van der Waals surface area contributed by atoms with E-state index in [2.05, 4.69) is 15.7 Å².